The number of benzene rings is 1. The molecule has 0 bridgehead atoms. The second-order valence-corrected chi connectivity index (χ2v) is 8.03. The summed E-state index contributed by atoms with van der Waals surface area (Å²) < 4.78 is 2.10. The second kappa shape index (κ2) is 7.41. The normalized spacial score (nSPS) is 12.7. The van der Waals surface area contributed by atoms with Gasteiger partial charge in [0.1, 0.15) is 0 Å². The lowest BCUT2D eigenvalue weighted by molar-refractivity contribution is 0.604. The molecule has 20 heavy (non-hydrogen) atoms. The van der Waals surface area contributed by atoms with E-state index in [2.05, 4.69) is 69.2 Å². The minimum Gasteiger partial charge on any atom is -0.306 e. The Kier molecular flexibility index (Phi) is 6.11. The van der Waals surface area contributed by atoms with E-state index >= 15 is 0 Å². The molecule has 0 aliphatic carbocycles. The molecule has 2 aromatic rings. The van der Waals surface area contributed by atoms with Crippen LogP contribution in [0.5, 0.6) is 0 Å². The van der Waals surface area contributed by atoms with Crippen molar-refractivity contribution in [1.29, 1.82) is 0 Å². The standard InChI is InChI=1S/C15H16Br2ClNS/c1-3-6-19-14(15-12(17)7-9(2)20-15)10-4-5-13(18)11(16)8-10/h4-5,7-8,14,19H,3,6H2,1-2H3. The number of nitrogens with one attached hydrogen (secondary N) is 1. The highest BCUT2D eigenvalue weighted by Crippen LogP contribution is 2.37. The molecule has 0 spiro atoms. The molecule has 0 saturated carbocycles. The molecular weight excluding hydrogens is 422 g/mol. The molecule has 1 unspecified atom stereocenters. The minimum atomic E-state index is 0.191. The fourth-order valence-electron chi connectivity index (χ4n) is 2.04. The van der Waals surface area contributed by atoms with Crippen LogP contribution < -0.4 is 5.32 Å². The number of hydrogen-bond donors (Lipinski definition) is 1. The Morgan fingerprint density at radius 2 is 2.00 bits per heavy atom. The van der Waals surface area contributed by atoms with E-state index in [1.54, 1.807) is 0 Å². The fraction of sp³-hybridized carbons (Fsp3) is 0.333. The molecule has 2 rings (SSSR count). The molecule has 0 aliphatic rings. The van der Waals surface area contributed by atoms with Crippen molar-refractivity contribution < 1.29 is 0 Å². The van der Waals surface area contributed by atoms with E-state index in [0.717, 1.165) is 22.5 Å². The number of thiophene rings is 1. The number of halogens is 3. The van der Waals surface area contributed by atoms with Crippen LogP contribution in [0, 0.1) is 6.92 Å². The van der Waals surface area contributed by atoms with Crippen LogP contribution in [0.2, 0.25) is 5.02 Å². The van der Waals surface area contributed by atoms with Crippen molar-refractivity contribution in [2.24, 2.45) is 0 Å². The third-order valence-corrected chi connectivity index (χ3v) is 6.22. The van der Waals surface area contributed by atoms with Crippen LogP contribution in [-0.2, 0) is 0 Å². The van der Waals surface area contributed by atoms with Crippen LogP contribution in [0.25, 0.3) is 0 Å². The smallest absolute Gasteiger partial charge is 0.0683 e. The number of aryl methyl sites for hydroxylation is 1. The lowest BCUT2D eigenvalue weighted by Gasteiger charge is -2.19. The van der Waals surface area contributed by atoms with Crippen LogP contribution in [0.1, 0.15) is 34.7 Å². The van der Waals surface area contributed by atoms with Gasteiger partial charge in [-0.15, -0.1) is 11.3 Å². The van der Waals surface area contributed by atoms with Crippen molar-refractivity contribution in [2.45, 2.75) is 26.3 Å². The zero-order chi connectivity index (χ0) is 14.7. The molecule has 0 fully saturated rings. The maximum Gasteiger partial charge on any atom is 0.0683 e. The van der Waals surface area contributed by atoms with Gasteiger partial charge in [0.2, 0.25) is 0 Å². The molecule has 1 aromatic carbocycles. The summed E-state index contributed by atoms with van der Waals surface area (Å²) in [6, 6.07) is 8.48. The van der Waals surface area contributed by atoms with Gasteiger partial charge < -0.3 is 5.32 Å². The lowest BCUT2D eigenvalue weighted by Crippen LogP contribution is -2.22. The summed E-state index contributed by atoms with van der Waals surface area (Å²) in [5.74, 6) is 0. The van der Waals surface area contributed by atoms with Crippen LogP contribution in [0.3, 0.4) is 0 Å². The van der Waals surface area contributed by atoms with Gasteiger partial charge in [0.25, 0.3) is 0 Å². The van der Waals surface area contributed by atoms with Crippen molar-refractivity contribution in [2.75, 3.05) is 6.54 Å². The van der Waals surface area contributed by atoms with E-state index in [-0.39, 0.29) is 6.04 Å². The van der Waals surface area contributed by atoms with Crippen LogP contribution in [-0.4, -0.2) is 6.54 Å². The minimum absolute atomic E-state index is 0.191. The quantitative estimate of drug-likeness (QED) is 0.577. The van der Waals surface area contributed by atoms with E-state index in [1.807, 2.05) is 17.4 Å². The average molecular weight is 438 g/mol. The predicted molar refractivity (Wildman–Crippen MR) is 96.0 cm³/mol. The van der Waals surface area contributed by atoms with Crippen LogP contribution in [0.4, 0.5) is 0 Å². The van der Waals surface area contributed by atoms with E-state index in [0.29, 0.717) is 0 Å². The highest BCUT2D eigenvalue weighted by atomic mass is 79.9. The summed E-state index contributed by atoms with van der Waals surface area (Å²) in [6.45, 7) is 5.29. The Balaban J connectivity index is 2.41. The van der Waals surface area contributed by atoms with Gasteiger partial charge in [-0.05, 0) is 75.5 Å². The zero-order valence-electron chi connectivity index (χ0n) is 11.3. The largest absolute Gasteiger partial charge is 0.306 e. The molecule has 1 N–H and O–H groups in total. The molecule has 1 heterocycles. The molecule has 1 atom stereocenters. The van der Waals surface area contributed by atoms with Gasteiger partial charge in [0.15, 0.2) is 0 Å². The summed E-state index contributed by atoms with van der Waals surface area (Å²) in [4.78, 5) is 2.62. The number of rotatable bonds is 5. The fourth-order valence-corrected chi connectivity index (χ4v) is 4.54. The Hall–Kier alpha value is 0.130. The maximum atomic E-state index is 6.10. The van der Waals surface area contributed by atoms with Crippen molar-refractivity contribution in [1.82, 2.24) is 5.32 Å². The summed E-state index contributed by atoms with van der Waals surface area (Å²) in [7, 11) is 0. The third-order valence-electron chi connectivity index (χ3n) is 2.97. The summed E-state index contributed by atoms with van der Waals surface area (Å²) in [6.07, 6.45) is 1.10. The van der Waals surface area contributed by atoms with E-state index in [9.17, 15) is 0 Å². The Morgan fingerprint density at radius 1 is 1.25 bits per heavy atom. The van der Waals surface area contributed by atoms with E-state index in [4.69, 9.17) is 11.6 Å². The first-order valence-electron chi connectivity index (χ1n) is 6.47. The maximum absolute atomic E-state index is 6.10. The third kappa shape index (κ3) is 3.86. The van der Waals surface area contributed by atoms with Crippen molar-refractivity contribution in [3.63, 3.8) is 0 Å². The SMILES string of the molecule is CCCNC(c1ccc(Cl)c(Br)c1)c1sc(C)cc1Br. The molecular formula is C15H16Br2ClNS. The average Bonchev–Trinajstić information content (AvgIpc) is 2.73. The molecule has 0 amide bonds. The van der Waals surface area contributed by atoms with Gasteiger partial charge >= 0.3 is 0 Å². The second-order valence-electron chi connectivity index (χ2n) is 4.63. The van der Waals surface area contributed by atoms with Gasteiger partial charge in [-0.2, -0.15) is 0 Å². The molecule has 5 heteroatoms. The van der Waals surface area contributed by atoms with Gasteiger partial charge in [-0.25, -0.2) is 0 Å². The highest BCUT2D eigenvalue weighted by Gasteiger charge is 2.19. The van der Waals surface area contributed by atoms with Crippen molar-refractivity contribution in [3.05, 3.63) is 53.6 Å². The topological polar surface area (TPSA) is 12.0 Å². The van der Waals surface area contributed by atoms with Gasteiger partial charge in [-0.1, -0.05) is 24.6 Å². The summed E-state index contributed by atoms with van der Waals surface area (Å²) in [5.41, 5.74) is 1.22. The lowest BCUT2D eigenvalue weighted by atomic mass is 10.1. The van der Waals surface area contributed by atoms with Gasteiger partial charge in [-0.3, -0.25) is 0 Å². The Morgan fingerprint density at radius 3 is 2.55 bits per heavy atom. The monoisotopic (exact) mass is 435 g/mol. The Labute approximate surface area is 146 Å². The summed E-state index contributed by atoms with van der Waals surface area (Å²) in [5, 5.41) is 4.36. The predicted octanol–water partition coefficient (Wildman–Crippen LogP) is 6.32. The Bertz CT molecular complexity index is 598. The molecule has 0 radical (unpaired) electrons. The van der Waals surface area contributed by atoms with E-state index in [1.165, 1.54) is 19.8 Å². The van der Waals surface area contributed by atoms with Crippen LogP contribution in [0.15, 0.2) is 33.2 Å². The van der Waals surface area contributed by atoms with Crippen molar-refractivity contribution >= 4 is 54.8 Å². The molecule has 108 valence electrons. The molecule has 1 aromatic heterocycles. The zero-order valence-corrected chi connectivity index (χ0v) is 16.1. The van der Waals surface area contributed by atoms with E-state index < -0.39 is 0 Å². The van der Waals surface area contributed by atoms with Crippen LogP contribution >= 0.6 is 54.8 Å². The van der Waals surface area contributed by atoms with Crippen molar-refractivity contribution in [3.8, 4) is 0 Å². The highest BCUT2D eigenvalue weighted by molar-refractivity contribution is 9.10. The molecule has 0 aliphatic heterocycles. The first-order chi connectivity index (χ1) is 9.52. The van der Waals surface area contributed by atoms with Gasteiger partial charge in [0.05, 0.1) is 11.1 Å². The summed E-state index contributed by atoms with van der Waals surface area (Å²) >= 11 is 15.1. The molecule has 0 saturated heterocycles. The first kappa shape index (κ1) is 16.5. The van der Waals surface area contributed by atoms with Gasteiger partial charge in [0, 0.05) is 18.7 Å². The number of hydrogen-bond acceptors (Lipinski definition) is 2. The first-order valence-corrected chi connectivity index (χ1v) is 9.25. The molecule has 1 nitrogen and oxygen atoms in total.